The molecule has 0 radical (unpaired) electrons. The van der Waals surface area contributed by atoms with Crippen LogP contribution < -0.4 is 11.1 Å². The highest BCUT2D eigenvalue weighted by Gasteiger charge is 2.21. The van der Waals surface area contributed by atoms with Crippen LogP contribution in [0.2, 0.25) is 0 Å². The number of halogens is 2. The van der Waals surface area contributed by atoms with Crippen molar-refractivity contribution in [2.24, 2.45) is 5.73 Å². The van der Waals surface area contributed by atoms with Crippen LogP contribution in [0.4, 0.5) is 20.2 Å². The molecule has 0 atom stereocenters. The summed E-state index contributed by atoms with van der Waals surface area (Å²) >= 11 is 0. The first kappa shape index (κ1) is 14.9. The number of benzene rings is 2. The average molecular weight is 293 g/mol. The molecule has 0 heterocycles. The molecule has 21 heavy (non-hydrogen) atoms. The number of nitrogens with two attached hydrogens (primary N) is 1. The van der Waals surface area contributed by atoms with Crippen LogP contribution in [-0.2, 0) is 13.1 Å². The molecule has 5 nitrogen and oxygen atoms in total. The second-order valence-corrected chi connectivity index (χ2v) is 4.39. The Balaban J connectivity index is 2.22. The van der Waals surface area contributed by atoms with Crippen LogP contribution in [0.5, 0.6) is 0 Å². The molecule has 0 amide bonds. The Kier molecular flexibility index (Phi) is 4.44. The fourth-order valence-corrected chi connectivity index (χ4v) is 1.84. The molecular formula is C14H13F2N3O2. The first-order valence-corrected chi connectivity index (χ1v) is 6.17. The maximum absolute atomic E-state index is 13.7. The van der Waals surface area contributed by atoms with Crippen molar-refractivity contribution in [1.82, 2.24) is 0 Å². The molecule has 2 aromatic carbocycles. The summed E-state index contributed by atoms with van der Waals surface area (Å²) in [7, 11) is 0. The fourth-order valence-electron chi connectivity index (χ4n) is 1.84. The second kappa shape index (κ2) is 6.27. The Labute approximate surface area is 119 Å². The van der Waals surface area contributed by atoms with Gasteiger partial charge >= 0.3 is 0 Å². The van der Waals surface area contributed by atoms with E-state index in [1.165, 1.54) is 0 Å². The van der Waals surface area contributed by atoms with E-state index in [0.717, 1.165) is 23.3 Å². The van der Waals surface area contributed by atoms with Gasteiger partial charge in [0.15, 0.2) is 17.3 Å². The number of hydrogen-bond donors (Lipinski definition) is 2. The monoisotopic (exact) mass is 293 g/mol. The molecule has 7 heteroatoms. The molecule has 0 aliphatic carbocycles. The van der Waals surface area contributed by atoms with Crippen molar-refractivity contribution in [1.29, 1.82) is 0 Å². The van der Waals surface area contributed by atoms with E-state index in [0.29, 0.717) is 6.54 Å². The molecule has 0 aliphatic rings. The van der Waals surface area contributed by atoms with Gasteiger partial charge in [-0.1, -0.05) is 24.3 Å². The number of nitrogens with one attached hydrogen (secondary N) is 1. The van der Waals surface area contributed by atoms with Crippen LogP contribution in [-0.4, -0.2) is 4.92 Å². The molecule has 3 N–H and O–H groups in total. The fraction of sp³-hybridized carbons (Fsp3) is 0.143. The molecule has 0 spiro atoms. The molecule has 0 fully saturated rings. The Bertz CT molecular complexity index is 660. The second-order valence-electron chi connectivity index (χ2n) is 4.39. The summed E-state index contributed by atoms with van der Waals surface area (Å²) in [4.78, 5) is 10.1. The topological polar surface area (TPSA) is 81.2 Å². The smallest absolute Gasteiger partial charge is 0.295 e. The van der Waals surface area contributed by atoms with E-state index in [2.05, 4.69) is 5.32 Å². The first-order valence-electron chi connectivity index (χ1n) is 6.17. The zero-order valence-corrected chi connectivity index (χ0v) is 11.0. The van der Waals surface area contributed by atoms with Crippen molar-refractivity contribution < 1.29 is 13.7 Å². The lowest BCUT2D eigenvalue weighted by molar-refractivity contribution is -0.384. The number of rotatable bonds is 5. The van der Waals surface area contributed by atoms with Gasteiger partial charge in [0.2, 0.25) is 0 Å². The van der Waals surface area contributed by atoms with Gasteiger partial charge in [-0.25, -0.2) is 8.78 Å². The summed E-state index contributed by atoms with van der Waals surface area (Å²) in [6.45, 7) is 0.532. The van der Waals surface area contributed by atoms with Gasteiger partial charge in [-0.3, -0.25) is 10.1 Å². The molecular weight excluding hydrogens is 280 g/mol. The Morgan fingerprint density at radius 1 is 1.10 bits per heavy atom. The van der Waals surface area contributed by atoms with Gasteiger partial charge in [0, 0.05) is 19.2 Å². The molecule has 0 unspecified atom stereocenters. The minimum absolute atomic E-state index is 0.131. The van der Waals surface area contributed by atoms with Crippen LogP contribution in [0, 0.1) is 21.7 Å². The van der Waals surface area contributed by atoms with Gasteiger partial charge in [-0.05, 0) is 17.2 Å². The summed E-state index contributed by atoms with van der Waals surface area (Å²) in [6, 6.07) is 8.78. The predicted molar refractivity (Wildman–Crippen MR) is 74.7 cm³/mol. The Morgan fingerprint density at radius 2 is 1.71 bits per heavy atom. The molecule has 2 aromatic rings. The van der Waals surface area contributed by atoms with Crippen LogP contribution >= 0.6 is 0 Å². The lowest BCUT2D eigenvalue weighted by Crippen LogP contribution is -2.06. The number of hydrogen-bond acceptors (Lipinski definition) is 4. The molecule has 2 rings (SSSR count). The van der Waals surface area contributed by atoms with Crippen molar-refractivity contribution in [3.05, 3.63) is 69.3 Å². The van der Waals surface area contributed by atoms with Crippen LogP contribution in [0.15, 0.2) is 36.4 Å². The highest BCUT2D eigenvalue weighted by atomic mass is 19.2. The lowest BCUT2D eigenvalue weighted by Gasteiger charge is -2.09. The van der Waals surface area contributed by atoms with Gasteiger partial charge in [-0.15, -0.1) is 0 Å². The van der Waals surface area contributed by atoms with Gasteiger partial charge in [0.25, 0.3) is 5.69 Å². The van der Waals surface area contributed by atoms with Crippen LogP contribution in [0.25, 0.3) is 0 Å². The SMILES string of the molecule is NCc1ccc(CNc2c([N+](=O)[O-])ccc(F)c2F)cc1. The quantitative estimate of drug-likeness (QED) is 0.656. The number of nitro groups is 1. The van der Waals surface area contributed by atoms with Gasteiger partial charge in [0.05, 0.1) is 4.92 Å². The predicted octanol–water partition coefficient (Wildman–Crippen LogP) is 2.94. The van der Waals surface area contributed by atoms with Crippen molar-refractivity contribution in [2.45, 2.75) is 13.1 Å². The standard InChI is InChI=1S/C14H13F2N3O2/c15-11-5-6-12(19(20)21)14(13(11)16)18-8-10-3-1-9(7-17)2-4-10/h1-6,18H,7-8,17H2. The van der Waals surface area contributed by atoms with Crippen molar-refractivity contribution >= 4 is 11.4 Å². The zero-order chi connectivity index (χ0) is 15.4. The summed E-state index contributed by atoms with van der Waals surface area (Å²) < 4.78 is 26.9. The Hall–Kier alpha value is -2.54. The lowest BCUT2D eigenvalue weighted by atomic mass is 10.1. The summed E-state index contributed by atoms with van der Waals surface area (Å²) in [5, 5.41) is 13.4. The number of anilines is 1. The van der Waals surface area contributed by atoms with Crippen LogP contribution in [0.1, 0.15) is 11.1 Å². The third-order valence-corrected chi connectivity index (χ3v) is 3.00. The minimum Gasteiger partial charge on any atom is -0.373 e. The molecule has 0 aromatic heterocycles. The third kappa shape index (κ3) is 3.32. The molecule has 0 aliphatic heterocycles. The third-order valence-electron chi connectivity index (χ3n) is 3.00. The molecule has 0 bridgehead atoms. The summed E-state index contributed by atoms with van der Waals surface area (Å²) in [5.74, 6) is -2.40. The molecule has 0 saturated heterocycles. The highest BCUT2D eigenvalue weighted by molar-refractivity contribution is 5.62. The normalized spacial score (nSPS) is 10.4. The van der Waals surface area contributed by atoms with Crippen molar-refractivity contribution in [2.75, 3.05) is 5.32 Å². The summed E-state index contributed by atoms with van der Waals surface area (Å²) in [5.41, 5.74) is 6.21. The van der Waals surface area contributed by atoms with E-state index in [1.54, 1.807) is 24.3 Å². The van der Waals surface area contributed by atoms with E-state index < -0.39 is 27.9 Å². The van der Waals surface area contributed by atoms with Gasteiger partial charge in [0.1, 0.15) is 0 Å². The van der Waals surface area contributed by atoms with Gasteiger partial charge < -0.3 is 11.1 Å². The maximum atomic E-state index is 13.7. The van der Waals surface area contributed by atoms with E-state index in [4.69, 9.17) is 5.73 Å². The van der Waals surface area contributed by atoms with E-state index in [9.17, 15) is 18.9 Å². The van der Waals surface area contributed by atoms with Gasteiger partial charge in [-0.2, -0.15) is 0 Å². The minimum atomic E-state index is -1.26. The van der Waals surface area contributed by atoms with E-state index in [-0.39, 0.29) is 6.54 Å². The Morgan fingerprint density at radius 3 is 2.29 bits per heavy atom. The van der Waals surface area contributed by atoms with Crippen LogP contribution in [0.3, 0.4) is 0 Å². The molecule has 110 valence electrons. The largest absolute Gasteiger partial charge is 0.373 e. The number of nitrogens with zero attached hydrogens (tertiary/aromatic N) is 1. The van der Waals surface area contributed by atoms with E-state index >= 15 is 0 Å². The average Bonchev–Trinajstić information content (AvgIpc) is 2.49. The van der Waals surface area contributed by atoms with E-state index in [1.807, 2.05) is 0 Å². The maximum Gasteiger partial charge on any atom is 0.295 e. The highest BCUT2D eigenvalue weighted by Crippen LogP contribution is 2.29. The number of nitro benzene ring substituents is 1. The molecule has 0 saturated carbocycles. The van der Waals surface area contributed by atoms with Crippen molar-refractivity contribution in [3.63, 3.8) is 0 Å². The first-order chi connectivity index (χ1) is 10.0. The van der Waals surface area contributed by atoms with Crippen molar-refractivity contribution in [3.8, 4) is 0 Å². The summed E-state index contributed by atoms with van der Waals surface area (Å²) in [6.07, 6.45) is 0. The zero-order valence-electron chi connectivity index (χ0n) is 11.0.